The molecule has 1 rings (SSSR count). The maximum Gasteiger partial charge on any atom is 0.347 e. The van der Waals surface area contributed by atoms with Crippen LogP contribution >= 0.6 is 0 Å². The molecule has 10 nitrogen and oxygen atoms in total. The summed E-state index contributed by atoms with van der Waals surface area (Å²) in [6.45, 7) is -1.11. The van der Waals surface area contributed by atoms with Gasteiger partial charge in [0, 0.05) is 6.07 Å². The quantitative estimate of drug-likeness (QED) is 0.400. The molecule has 0 spiro atoms. The van der Waals surface area contributed by atoms with Crippen LogP contribution in [0.4, 0.5) is 4.79 Å². The Bertz CT molecular complexity index is 576. The standard InChI is InChI=1S/C8H15N5O5S/c9-8(17)12-19(10,18)7-1-5(3-14)13(11-7)2-6(16)4-15/h1,6,14-16H,2-4H2,(H4,9,10,12,17,18). The van der Waals surface area contributed by atoms with Gasteiger partial charge < -0.3 is 21.1 Å². The molecule has 0 aliphatic heterocycles. The molecule has 0 aliphatic carbocycles. The molecule has 0 aliphatic rings. The molecule has 0 radical (unpaired) electrons. The predicted octanol–water partition coefficient (Wildman–Crippen LogP) is -2.49. The SMILES string of the molecule is NC(=O)N=S(N)(=O)c1cc(CO)n(CC(O)CO)n1. The van der Waals surface area contributed by atoms with Crippen molar-refractivity contribution in [3.8, 4) is 0 Å². The van der Waals surface area contributed by atoms with Gasteiger partial charge in [-0.2, -0.15) is 5.10 Å². The highest BCUT2D eigenvalue weighted by Crippen LogP contribution is 2.11. The smallest absolute Gasteiger partial charge is 0.347 e. The molecule has 0 saturated heterocycles. The molecule has 0 fully saturated rings. The summed E-state index contributed by atoms with van der Waals surface area (Å²) < 4.78 is 16.0. The third kappa shape index (κ3) is 3.97. The lowest BCUT2D eigenvalue weighted by Crippen LogP contribution is -2.23. The Kier molecular flexibility index (Phi) is 4.97. The van der Waals surface area contributed by atoms with Crippen LogP contribution in [0.25, 0.3) is 0 Å². The average Bonchev–Trinajstić information content (AvgIpc) is 2.71. The van der Waals surface area contributed by atoms with E-state index in [4.69, 9.17) is 21.1 Å². The number of aliphatic hydroxyl groups is 3. The summed E-state index contributed by atoms with van der Waals surface area (Å²) in [5, 5.41) is 36.0. The van der Waals surface area contributed by atoms with E-state index in [1.54, 1.807) is 0 Å². The number of carbonyl (C=O) groups excluding carboxylic acids is 1. The number of amides is 2. The fourth-order valence-electron chi connectivity index (χ4n) is 1.30. The number of aromatic nitrogens is 2. The molecule has 0 saturated carbocycles. The molecule has 1 aromatic heterocycles. The summed E-state index contributed by atoms with van der Waals surface area (Å²) in [5.74, 6) is 0. The minimum absolute atomic E-state index is 0.140. The molecular weight excluding hydrogens is 278 g/mol. The van der Waals surface area contributed by atoms with Gasteiger partial charge in [0.2, 0.25) is 0 Å². The second-order valence-electron chi connectivity index (χ2n) is 3.65. The topological polar surface area (TPSA) is 177 Å². The summed E-state index contributed by atoms with van der Waals surface area (Å²) in [7, 11) is -3.60. The lowest BCUT2D eigenvalue weighted by atomic mass is 10.3. The van der Waals surface area contributed by atoms with Crippen molar-refractivity contribution in [2.24, 2.45) is 15.2 Å². The number of urea groups is 1. The second kappa shape index (κ2) is 6.08. The van der Waals surface area contributed by atoms with Crippen LogP contribution in [0, 0.1) is 0 Å². The van der Waals surface area contributed by atoms with E-state index in [9.17, 15) is 14.1 Å². The van der Waals surface area contributed by atoms with Gasteiger partial charge in [-0.3, -0.25) is 4.68 Å². The van der Waals surface area contributed by atoms with Gasteiger partial charge in [0.1, 0.15) is 0 Å². The summed E-state index contributed by atoms with van der Waals surface area (Å²) in [4.78, 5) is 10.6. The van der Waals surface area contributed by atoms with Crippen molar-refractivity contribution < 1.29 is 24.3 Å². The number of hydrogen-bond acceptors (Lipinski definition) is 6. The third-order valence-electron chi connectivity index (χ3n) is 2.12. The van der Waals surface area contributed by atoms with Gasteiger partial charge in [-0.15, -0.1) is 4.36 Å². The van der Waals surface area contributed by atoms with Gasteiger partial charge in [-0.05, 0) is 0 Å². The first-order valence-electron chi connectivity index (χ1n) is 5.11. The van der Waals surface area contributed by atoms with E-state index in [1.165, 1.54) is 6.07 Å². The van der Waals surface area contributed by atoms with Crippen LogP contribution in [-0.4, -0.2) is 48.1 Å². The Morgan fingerprint density at radius 2 is 2.21 bits per heavy atom. The van der Waals surface area contributed by atoms with Crippen LogP contribution in [-0.2, 0) is 23.1 Å². The number of primary amides is 1. The van der Waals surface area contributed by atoms with E-state index < -0.39 is 35.3 Å². The van der Waals surface area contributed by atoms with E-state index in [-0.39, 0.29) is 17.3 Å². The van der Waals surface area contributed by atoms with Crippen molar-refractivity contribution in [3.05, 3.63) is 11.8 Å². The van der Waals surface area contributed by atoms with Crippen LogP contribution in [0.5, 0.6) is 0 Å². The number of carbonyl (C=O) groups is 1. The number of hydrogen-bond donors (Lipinski definition) is 5. The van der Waals surface area contributed by atoms with Gasteiger partial charge in [-0.25, -0.2) is 14.1 Å². The second-order valence-corrected chi connectivity index (χ2v) is 5.39. The van der Waals surface area contributed by atoms with Crippen molar-refractivity contribution in [3.63, 3.8) is 0 Å². The fourth-order valence-corrected chi connectivity index (χ4v) is 2.18. The van der Waals surface area contributed by atoms with Crippen LogP contribution in [0.1, 0.15) is 5.69 Å². The lowest BCUT2D eigenvalue weighted by Gasteiger charge is -2.09. The number of nitrogens with two attached hydrogens (primary N) is 2. The first-order chi connectivity index (χ1) is 8.80. The van der Waals surface area contributed by atoms with Crippen molar-refractivity contribution in [1.82, 2.24) is 9.78 Å². The molecule has 1 heterocycles. The van der Waals surface area contributed by atoms with Crippen LogP contribution < -0.4 is 10.9 Å². The van der Waals surface area contributed by atoms with Crippen LogP contribution in [0.15, 0.2) is 15.5 Å². The normalized spacial score (nSPS) is 15.8. The monoisotopic (exact) mass is 293 g/mol. The van der Waals surface area contributed by atoms with Gasteiger partial charge >= 0.3 is 6.03 Å². The summed E-state index contributed by atoms with van der Waals surface area (Å²) in [6, 6.07) is -0.0261. The average molecular weight is 293 g/mol. The van der Waals surface area contributed by atoms with E-state index in [0.29, 0.717) is 0 Å². The molecule has 11 heteroatoms. The highest BCUT2D eigenvalue weighted by molar-refractivity contribution is 7.91. The molecule has 2 unspecified atom stereocenters. The maximum absolute atomic E-state index is 11.9. The molecule has 7 N–H and O–H groups in total. The Balaban J connectivity index is 3.19. The Morgan fingerprint density at radius 1 is 1.58 bits per heavy atom. The molecule has 2 atom stereocenters. The van der Waals surface area contributed by atoms with Crippen molar-refractivity contribution in [1.29, 1.82) is 0 Å². The van der Waals surface area contributed by atoms with Gasteiger partial charge in [-0.1, -0.05) is 0 Å². The van der Waals surface area contributed by atoms with E-state index in [0.717, 1.165) is 4.68 Å². The van der Waals surface area contributed by atoms with Crippen molar-refractivity contribution in [2.45, 2.75) is 24.3 Å². The van der Waals surface area contributed by atoms with Gasteiger partial charge in [0.15, 0.2) is 14.9 Å². The molecule has 1 aromatic rings. The molecular formula is C8H15N5O5S. The Morgan fingerprint density at radius 3 is 2.68 bits per heavy atom. The minimum Gasteiger partial charge on any atom is -0.394 e. The number of rotatable bonds is 5. The van der Waals surface area contributed by atoms with Gasteiger partial charge in [0.25, 0.3) is 0 Å². The summed E-state index contributed by atoms with van der Waals surface area (Å²) >= 11 is 0. The first kappa shape index (κ1) is 15.5. The zero-order valence-corrected chi connectivity index (χ0v) is 10.7. The van der Waals surface area contributed by atoms with E-state index in [2.05, 4.69) is 9.46 Å². The lowest BCUT2D eigenvalue weighted by molar-refractivity contribution is 0.0760. The number of nitrogens with zero attached hydrogens (tertiary/aromatic N) is 3. The highest BCUT2D eigenvalue weighted by Gasteiger charge is 2.17. The maximum atomic E-state index is 11.9. The summed E-state index contributed by atoms with van der Waals surface area (Å²) in [6.07, 6.45) is -1.11. The van der Waals surface area contributed by atoms with E-state index >= 15 is 0 Å². The van der Waals surface area contributed by atoms with Gasteiger partial charge in [0.05, 0.1) is 31.6 Å². The predicted molar refractivity (Wildman–Crippen MR) is 63.8 cm³/mol. The van der Waals surface area contributed by atoms with Crippen LogP contribution in [0.3, 0.4) is 0 Å². The molecule has 0 aromatic carbocycles. The Hall–Kier alpha value is -1.53. The zero-order valence-electron chi connectivity index (χ0n) is 9.84. The summed E-state index contributed by atoms with van der Waals surface area (Å²) in [5.41, 5.74) is 4.97. The molecule has 2 amide bonds. The minimum atomic E-state index is -3.60. The first-order valence-corrected chi connectivity index (χ1v) is 6.69. The molecule has 108 valence electrons. The van der Waals surface area contributed by atoms with E-state index in [1.807, 2.05) is 0 Å². The van der Waals surface area contributed by atoms with Crippen molar-refractivity contribution >= 4 is 15.9 Å². The third-order valence-corrected chi connectivity index (χ3v) is 3.37. The molecule has 19 heavy (non-hydrogen) atoms. The van der Waals surface area contributed by atoms with Crippen LogP contribution in [0.2, 0.25) is 0 Å². The zero-order chi connectivity index (χ0) is 14.6. The number of aliphatic hydroxyl groups excluding tert-OH is 3. The highest BCUT2D eigenvalue weighted by atomic mass is 32.2. The Labute approximate surface area is 109 Å². The van der Waals surface area contributed by atoms with Crippen molar-refractivity contribution in [2.75, 3.05) is 6.61 Å². The fraction of sp³-hybridized carbons (Fsp3) is 0.500. The molecule has 0 bridgehead atoms. The largest absolute Gasteiger partial charge is 0.394 e.